The highest BCUT2D eigenvalue weighted by Crippen LogP contribution is 2.38. The summed E-state index contributed by atoms with van der Waals surface area (Å²) >= 11 is 0. The lowest BCUT2D eigenvalue weighted by Crippen LogP contribution is -2.54. The molecular weight excluding hydrogens is 592 g/mol. The second-order valence-corrected chi connectivity index (χ2v) is 11.4. The number of halogens is 6. The van der Waals surface area contributed by atoms with E-state index in [4.69, 9.17) is 10.5 Å². The fourth-order valence-corrected chi connectivity index (χ4v) is 6.03. The quantitative estimate of drug-likeness (QED) is 0.413. The number of rotatable bonds is 5. The van der Waals surface area contributed by atoms with Crippen molar-refractivity contribution in [1.29, 1.82) is 0 Å². The number of ether oxygens (including phenoxy) is 1. The van der Waals surface area contributed by atoms with Gasteiger partial charge in [0, 0.05) is 25.2 Å². The number of primary amides is 1. The average Bonchev–Trinajstić information content (AvgIpc) is 2.97. The molecule has 4 unspecified atom stereocenters. The number of aryl methyl sites for hydroxylation is 1. The van der Waals surface area contributed by atoms with Gasteiger partial charge in [-0.15, -0.1) is 0 Å². The van der Waals surface area contributed by atoms with Crippen LogP contribution < -0.4 is 11.1 Å². The van der Waals surface area contributed by atoms with E-state index in [1.54, 1.807) is 24.3 Å². The maximum Gasteiger partial charge on any atom is 0.416 e. The molecule has 44 heavy (non-hydrogen) atoms. The second kappa shape index (κ2) is 12.4. The lowest BCUT2D eigenvalue weighted by Gasteiger charge is -2.43. The monoisotopic (exact) mass is 625 g/mol. The number of nitrogens with zero attached hydrogens (tertiary/aromatic N) is 3. The number of carbonyl (C=O) groups is 1. The van der Waals surface area contributed by atoms with Gasteiger partial charge in [-0.3, -0.25) is 25.3 Å². The maximum absolute atomic E-state index is 13.7. The van der Waals surface area contributed by atoms with Gasteiger partial charge in [-0.05, 0) is 61.6 Å². The summed E-state index contributed by atoms with van der Waals surface area (Å²) in [4.78, 5) is 18.4. The van der Waals surface area contributed by atoms with Gasteiger partial charge >= 0.3 is 12.4 Å². The van der Waals surface area contributed by atoms with E-state index in [9.17, 15) is 36.3 Å². The van der Waals surface area contributed by atoms with Crippen molar-refractivity contribution >= 4 is 17.5 Å². The second-order valence-electron chi connectivity index (χ2n) is 11.4. The highest BCUT2D eigenvalue weighted by Gasteiger charge is 2.42. The number of piperidine rings is 1. The molecule has 8 nitrogen and oxygen atoms in total. The summed E-state index contributed by atoms with van der Waals surface area (Å²) in [5.74, 6) is -1.42. The molecule has 5 rings (SSSR count). The van der Waals surface area contributed by atoms with E-state index in [0.717, 1.165) is 10.6 Å². The number of hydroxylamine groups is 2. The Labute approximate surface area is 250 Å². The molecule has 0 aliphatic carbocycles. The molecule has 4 atom stereocenters. The van der Waals surface area contributed by atoms with Crippen LogP contribution in [0.4, 0.5) is 26.3 Å². The Bertz CT molecular complexity index is 1410. The minimum absolute atomic E-state index is 0.0811. The highest BCUT2D eigenvalue weighted by atomic mass is 19.4. The van der Waals surface area contributed by atoms with E-state index in [2.05, 4.69) is 10.3 Å². The maximum atomic E-state index is 13.7. The fourth-order valence-electron chi connectivity index (χ4n) is 6.03. The summed E-state index contributed by atoms with van der Waals surface area (Å²) in [7, 11) is 0. The minimum Gasteiger partial charge on any atom is -0.458 e. The van der Waals surface area contributed by atoms with Crippen molar-refractivity contribution in [2.45, 2.75) is 50.8 Å². The number of aliphatic imine (C=N–C) groups is 1. The molecule has 238 valence electrons. The van der Waals surface area contributed by atoms with E-state index in [1.165, 1.54) is 0 Å². The number of nitrogens with one attached hydrogen (secondary N) is 1. The molecule has 2 aromatic rings. The first-order chi connectivity index (χ1) is 20.7. The lowest BCUT2D eigenvalue weighted by molar-refractivity contribution is -0.143. The number of alkyl halides is 6. The molecule has 3 aliphatic rings. The van der Waals surface area contributed by atoms with Crippen molar-refractivity contribution in [3.05, 3.63) is 76.4 Å². The molecule has 2 aromatic carbocycles. The Balaban J connectivity index is 1.62. The summed E-state index contributed by atoms with van der Waals surface area (Å²) in [6.07, 6.45) is -8.30. The number of fused-ring (bicyclic) bond motifs is 1. The SMILES string of the molecule is Cc1ccccc1C1=CC(N2CCCC(C(N)=O)C2)OC2=NCNCC2C(Cc2cc(C(F)(F)F)cc(C(F)(F)F)c2)N1O. The van der Waals surface area contributed by atoms with Gasteiger partial charge in [0.05, 0.1) is 41.4 Å². The van der Waals surface area contributed by atoms with E-state index < -0.39 is 53.5 Å². The normalized spacial score (nSPS) is 25.2. The number of amides is 1. The van der Waals surface area contributed by atoms with E-state index in [-0.39, 0.29) is 42.9 Å². The van der Waals surface area contributed by atoms with E-state index in [1.807, 2.05) is 17.9 Å². The molecule has 0 spiro atoms. The smallest absolute Gasteiger partial charge is 0.416 e. The highest BCUT2D eigenvalue weighted by molar-refractivity contribution is 5.82. The number of nitrogens with two attached hydrogens (primary N) is 1. The summed E-state index contributed by atoms with van der Waals surface area (Å²) in [6, 6.07) is 7.48. The molecule has 1 saturated heterocycles. The summed E-state index contributed by atoms with van der Waals surface area (Å²) in [5.41, 5.74) is 4.07. The van der Waals surface area contributed by atoms with Gasteiger partial charge in [-0.25, -0.2) is 4.99 Å². The van der Waals surface area contributed by atoms with Gasteiger partial charge in [0.25, 0.3) is 0 Å². The standard InChI is InChI=1S/C30H33F6N5O3/c1-17-5-2-3-7-22(17)25-13-26(40-8-4-6-19(15-40)27(37)42)44-28-23(14-38-16-39-28)24(41(25)43)11-18-9-20(29(31,32)33)12-21(10-18)30(34,35)36/h2-3,5,7,9-10,12-13,19,23-24,26,38,43H,4,6,8,11,14-16H2,1H3,(H2,37,42). The van der Waals surface area contributed by atoms with Gasteiger partial charge in [-0.2, -0.15) is 26.3 Å². The number of carbonyl (C=O) groups excluding carboxylic acids is 1. The fraction of sp³-hybridized carbons (Fsp3) is 0.467. The Morgan fingerprint density at radius 1 is 1.11 bits per heavy atom. The zero-order valence-electron chi connectivity index (χ0n) is 23.8. The number of hydrogen-bond donors (Lipinski definition) is 3. The number of hydrogen-bond acceptors (Lipinski definition) is 7. The number of benzene rings is 2. The molecule has 0 saturated carbocycles. The Hall–Kier alpha value is -3.62. The number of likely N-dealkylation sites (tertiary alicyclic amines) is 1. The van der Waals surface area contributed by atoms with Gasteiger partial charge in [-0.1, -0.05) is 24.3 Å². The topological polar surface area (TPSA) is 103 Å². The third-order valence-corrected chi connectivity index (χ3v) is 8.32. The van der Waals surface area contributed by atoms with Crippen molar-refractivity contribution in [3.8, 4) is 0 Å². The Kier molecular flexibility index (Phi) is 8.96. The molecule has 4 N–H and O–H groups in total. The predicted octanol–water partition coefficient (Wildman–Crippen LogP) is 4.81. The molecule has 3 heterocycles. The lowest BCUT2D eigenvalue weighted by atomic mass is 9.88. The van der Waals surface area contributed by atoms with Crippen LogP contribution >= 0.6 is 0 Å². The summed E-state index contributed by atoms with van der Waals surface area (Å²) in [6.45, 7) is 3.02. The van der Waals surface area contributed by atoms with E-state index in [0.29, 0.717) is 43.6 Å². The third-order valence-electron chi connectivity index (χ3n) is 8.32. The van der Waals surface area contributed by atoms with Crippen molar-refractivity contribution < 1.29 is 41.1 Å². The van der Waals surface area contributed by atoms with Crippen LogP contribution in [-0.2, 0) is 28.3 Å². The molecule has 1 fully saturated rings. The minimum atomic E-state index is -5.02. The van der Waals surface area contributed by atoms with Gasteiger partial charge in [0.1, 0.15) is 0 Å². The largest absolute Gasteiger partial charge is 0.458 e. The van der Waals surface area contributed by atoms with Crippen LogP contribution in [-0.4, -0.2) is 65.5 Å². The molecule has 0 radical (unpaired) electrons. The van der Waals surface area contributed by atoms with Crippen LogP contribution in [0.3, 0.4) is 0 Å². The predicted molar refractivity (Wildman–Crippen MR) is 149 cm³/mol. The van der Waals surface area contributed by atoms with Crippen LogP contribution in [0, 0.1) is 18.8 Å². The molecular formula is C30H33F6N5O3. The first kappa shape index (κ1) is 31.8. The van der Waals surface area contributed by atoms with Crippen molar-refractivity contribution in [2.75, 3.05) is 26.3 Å². The molecule has 1 amide bonds. The van der Waals surface area contributed by atoms with E-state index >= 15 is 0 Å². The zero-order chi connectivity index (χ0) is 31.8. The first-order valence-corrected chi connectivity index (χ1v) is 14.2. The first-order valence-electron chi connectivity index (χ1n) is 14.2. The molecule has 3 aliphatic heterocycles. The summed E-state index contributed by atoms with van der Waals surface area (Å²) in [5, 5.41) is 15.9. The van der Waals surface area contributed by atoms with Crippen LogP contribution in [0.1, 0.15) is 40.7 Å². The van der Waals surface area contributed by atoms with Crippen molar-refractivity contribution in [1.82, 2.24) is 15.3 Å². The zero-order valence-corrected chi connectivity index (χ0v) is 23.8. The van der Waals surface area contributed by atoms with Gasteiger partial charge < -0.3 is 10.5 Å². The van der Waals surface area contributed by atoms with Crippen LogP contribution in [0.25, 0.3) is 5.70 Å². The molecule has 0 bridgehead atoms. The van der Waals surface area contributed by atoms with Crippen LogP contribution in [0.2, 0.25) is 0 Å². The van der Waals surface area contributed by atoms with Gasteiger partial charge in [0.15, 0.2) is 12.1 Å². The van der Waals surface area contributed by atoms with Crippen molar-refractivity contribution in [3.63, 3.8) is 0 Å². The summed E-state index contributed by atoms with van der Waals surface area (Å²) < 4.78 is 88.5. The van der Waals surface area contributed by atoms with Crippen LogP contribution in [0.5, 0.6) is 0 Å². The van der Waals surface area contributed by atoms with Crippen molar-refractivity contribution in [2.24, 2.45) is 22.6 Å². The Morgan fingerprint density at radius 3 is 2.43 bits per heavy atom. The van der Waals surface area contributed by atoms with Crippen LogP contribution in [0.15, 0.2) is 53.5 Å². The van der Waals surface area contributed by atoms with Gasteiger partial charge in [0.2, 0.25) is 5.91 Å². The Morgan fingerprint density at radius 2 is 1.80 bits per heavy atom. The third kappa shape index (κ3) is 6.87. The molecule has 14 heteroatoms. The average molecular weight is 626 g/mol. The molecule has 0 aromatic heterocycles.